The zero-order chi connectivity index (χ0) is 18.4. The molecule has 2 aromatic carbocycles. The van der Waals surface area contributed by atoms with E-state index >= 15 is 0 Å². The van der Waals surface area contributed by atoms with Crippen LogP contribution in [0.2, 0.25) is 5.02 Å². The number of ether oxygens (including phenoxy) is 1. The van der Waals surface area contributed by atoms with E-state index in [1.165, 1.54) is 18.2 Å². The molecule has 6 nitrogen and oxygen atoms in total. The smallest absolute Gasteiger partial charge is 0.253 e. The number of carbonyl (C=O) groups excluding carboxylic acids is 1. The van der Waals surface area contributed by atoms with E-state index in [2.05, 4.69) is 10.0 Å². The van der Waals surface area contributed by atoms with E-state index in [1.54, 1.807) is 0 Å². The molecule has 134 valence electrons. The number of nitrogens with one attached hydrogen (secondary N) is 2. The van der Waals surface area contributed by atoms with Crippen LogP contribution in [0.1, 0.15) is 22.8 Å². The van der Waals surface area contributed by atoms with Crippen molar-refractivity contribution < 1.29 is 17.9 Å². The van der Waals surface area contributed by atoms with Gasteiger partial charge < -0.3 is 10.1 Å². The van der Waals surface area contributed by atoms with Gasteiger partial charge in [0, 0.05) is 12.2 Å². The molecule has 0 aliphatic heterocycles. The Kier molecular flexibility index (Phi) is 6.27. The van der Waals surface area contributed by atoms with Gasteiger partial charge in [0.25, 0.3) is 5.91 Å². The third-order valence-corrected chi connectivity index (χ3v) is 4.14. The van der Waals surface area contributed by atoms with Gasteiger partial charge >= 0.3 is 0 Å². The summed E-state index contributed by atoms with van der Waals surface area (Å²) in [6.45, 7) is 2.81. The van der Waals surface area contributed by atoms with Gasteiger partial charge in [0.05, 0.1) is 23.4 Å². The van der Waals surface area contributed by atoms with E-state index in [0.717, 1.165) is 17.6 Å². The van der Waals surface area contributed by atoms with Gasteiger partial charge in [-0.25, -0.2) is 8.42 Å². The van der Waals surface area contributed by atoms with Gasteiger partial charge in [-0.1, -0.05) is 23.7 Å². The highest BCUT2D eigenvalue weighted by Gasteiger charge is 2.12. The van der Waals surface area contributed by atoms with Crippen LogP contribution in [0.25, 0.3) is 0 Å². The third-order valence-electron chi connectivity index (χ3n) is 3.20. The Bertz CT molecular complexity index is 851. The Hall–Kier alpha value is -2.25. The van der Waals surface area contributed by atoms with E-state index in [0.29, 0.717) is 13.2 Å². The second kappa shape index (κ2) is 8.22. The topological polar surface area (TPSA) is 84.5 Å². The fraction of sp³-hybridized carbons (Fsp3) is 0.235. The van der Waals surface area contributed by atoms with E-state index in [1.807, 2.05) is 31.2 Å². The Morgan fingerprint density at radius 2 is 1.84 bits per heavy atom. The quantitative estimate of drug-likeness (QED) is 0.770. The lowest BCUT2D eigenvalue weighted by atomic mass is 10.1. The van der Waals surface area contributed by atoms with Gasteiger partial charge in [0.15, 0.2) is 0 Å². The highest BCUT2D eigenvalue weighted by molar-refractivity contribution is 7.92. The van der Waals surface area contributed by atoms with Crippen molar-refractivity contribution in [1.82, 2.24) is 5.32 Å². The van der Waals surface area contributed by atoms with Crippen LogP contribution in [0.5, 0.6) is 5.75 Å². The SMILES string of the molecule is CCOc1ccc(CNC(=O)c2cc(NS(C)(=O)=O)ccc2Cl)cc1. The van der Waals surface area contributed by atoms with Crippen molar-refractivity contribution >= 4 is 33.2 Å². The minimum Gasteiger partial charge on any atom is -0.494 e. The highest BCUT2D eigenvalue weighted by atomic mass is 35.5. The van der Waals surface area contributed by atoms with Crippen LogP contribution in [0, 0.1) is 0 Å². The molecule has 0 unspecified atom stereocenters. The Morgan fingerprint density at radius 3 is 2.44 bits per heavy atom. The molecule has 0 aromatic heterocycles. The lowest BCUT2D eigenvalue weighted by molar-refractivity contribution is 0.0951. The average molecular weight is 383 g/mol. The van der Waals surface area contributed by atoms with Gasteiger partial charge in [0.2, 0.25) is 10.0 Å². The molecule has 0 radical (unpaired) electrons. The van der Waals surface area contributed by atoms with Crippen molar-refractivity contribution in [2.45, 2.75) is 13.5 Å². The molecule has 8 heteroatoms. The summed E-state index contributed by atoms with van der Waals surface area (Å²) in [4.78, 5) is 12.3. The number of carbonyl (C=O) groups is 1. The molecule has 0 aliphatic rings. The maximum Gasteiger partial charge on any atom is 0.253 e. The molecule has 0 atom stereocenters. The third kappa shape index (κ3) is 5.95. The lowest BCUT2D eigenvalue weighted by Gasteiger charge is -2.10. The number of halogens is 1. The molecule has 0 saturated carbocycles. The second-order valence-corrected chi connectivity index (χ2v) is 7.48. The first-order chi connectivity index (χ1) is 11.8. The Balaban J connectivity index is 2.06. The summed E-state index contributed by atoms with van der Waals surface area (Å²) in [5.41, 5.74) is 1.37. The summed E-state index contributed by atoms with van der Waals surface area (Å²) >= 11 is 6.05. The van der Waals surface area contributed by atoms with Crippen LogP contribution >= 0.6 is 11.6 Å². The molecule has 2 rings (SSSR count). The lowest BCUT2D eigenvalue weighted by Crippen LogP contribution is -2.23. The molecule has 0 bridgehead atoms. The fourth-order valence-corrected chi connectivity index (χ4v) is 2.88. The summed E-state index contributed by atoms with van der Waals surface area (Å²) in [5.74, 6) is 0.371. The molecule has 0 aliphatic carbocycles. The molecule has 0 spiro atoms. The molecule has 0 saturated heterocycles. The summed E-state index contributed by atoms with van der Waals surface area (Å²) in [6, 6.07) is 11.7. The van der Waals surface area contributed by atoms with Crippen LogP contribution in [0.4, 0.5) is 5.69 Å². The number of sulfonamides is 1. The van der Waals surface area contributed by atoms with Crippen molar-refractivity contribution in [2.24, 2.45) is 0 Å². The van der Waals surface area contributed by atoms with E-state index in [-0.39, 0.29) is 16.3 Å². The van der Waals surface area contributed by atoms with E-state index < -0.39 is 15.9 Å². The van der Waals surface area contributed by atoms with Crippen LogP contribution < -0.4 is 14.8 Å². The van der Waals surface area contributed by atoms with Crippen LogP contribution in [-0.4, -0.2) is 27.2 Å². The van der Waals surface area contributed by atoms with Gasteiger partial charge in [-0.2, -0.15) is 0 Å². The molecular formula is C17H19ClN2O4S. The van der Waals surface area contributed by atoms with Crippen molar-refractivity contribution in [1.29, 1.82) is 0 Å². The first-order valence-corrected chi connectivity index (χ1v) is 9.82. The predicted molar refractivity (Wildman–Crippen MR) is 98.7 cm³/mol. The zero-order valence-electron chi connectivity index (χ0n) is 13.9. The normalized spacial score (nSPS) is 11.0. The van der Waals surface area contributed by atoms with Gasteiger partial charge in [-0.15, -0.1) is 0 Å². The monoisotopic (exact) mass is 382 g/mol. The van der Waals surface area contributed by atoms with Crippen molar-refractivity contribution in [2.75, 3.05) is 17.6 Å². The summed E-state index contributed by atoms with van der Waals surface area (Å²) in [7, 11) is -3.43. The predicted octanol–water partition coefficient (Wildman–Crippen LogP) is 3.04. The van der Waals surface area contributed by atoms with Gasteiger partial charge in [-0.05, 0) is 42.8 Å². The summed E-state index contributed by atoms with van der Waals surface area (Å²) in [5, 5.41) is 3.00. The van der Waals surface area contributed by atoms with E-state index in [9.17, 15) is 13.2 Å². The molecule has 1 amide bonds. The minimum atomic E-state index is -3.43. The van der Waals surface area contributed by atoms with Gasteiger partial charge in [-0.3, -0.25) is 9.52 Å². The minimum absolute atomic E-state index is 0.196. The molecule has 25 heavy (non-hydrogen) atoms. The first kappa shape index (κ1) is 19.1. The fourth-order valence-electron chi connectivity index (χ4n) is 2.12. The summed E-state index contributed by atoms with van der Waals surface area (Å²) in [6.07, 6.45) is 1.03. The first-order valence-electron chi connectivity index (χ1n) is 7.56. The molecule has 2 aromatic rings. The number of rotatable bonds is 7. The zero-order valence-corrected chi connectivity index (χ0v) is 15.4. The van der Waals surface area contributed by atoms with Crippen LogP contribution in [0.3, 0.4) is 0 Å². The standard InChI is InChI=1S/C17H19ClN2O4S/c1-3-24-14-7-4-12(5-8-14)11-19-17(21)15-10-13(6-9-16(15)18)20-25(2,22)23/h4-10,20H,3,11H2,1-2H3,(H,19,21). The van der Waals surface area contributed by atoms with Crippen molar-refractivity contribution in [3.8, 4) is 5.75 Å². The Labute approximate surface area is 152 Å². The second-order valence-electron chi connectivity index (χ2n) is 5.33. The van der Waals surface area contributed by atoms with Crippen LogP contribution in [0.15, 0.2) is 42.5 Å². The maximum atomic E-state index is 12.3. The molecule has 0 fully saturated rings. The molecule has 2 N–H and O–H groups in total. The van der Waals surface area contributed by atoms with Crippen molar-refractivity contribution in [3.05, 3.63) is 58.6 Å². The number of anilines is 1. The summed E-state index contributed by atoms with van der Waals surface area (Å²) < 4.78 is 30.3. The van der Waals surface area contributed by atoms with Crippen molar-refractivity contribution in [3.63, 3.8) is 0 Å². The molecule has 0 heterocycles. The number of hydrogen-bond donors (Lipinski definition) is 2. The van der Waals surface area contributed by atoms with E-state index in [4.69, 9.17) is 16.3 Å². The highest BCUT2D eigenvalue weighted by Crippen LogP contribution is 2.21. The van der Waals surface area contributed by atoms with Crippen LogP contribution in [-0.2, 0) is 16.6 Å². The number of hydrogen-bond acceptors (Lipinski definition) is 4. The maximum absolute atomic E-state index is 12.3. The largest absolute Gasteiger partial charge is 0.494 e. The Morgan fingerprint density at radius 1 is 1.16 bits per heavy atom. The van der Waals surface area contributed by atoms with Gasteiger partial charge in [0.1, 0.15) is 5.75 Å². The number of benzene rings is 2. The number of amides is 1. The molecular weight excluding hydrogens is 364 g/mol. The average Bonchev–Trinajstić information content (AvgIpc) is 2.55.